The first kappa shape index (κ1) is 21.1. The minimum absolute atomic E-state index is 0. The summed E-state index contributed by atoms with van der Waals surface area (Å²) in [6.45, 7) is 5.12. The van der Waals surface area contributed by atoms with E-state index < -0.39 is 0 Å². The molecule has 0 spiro atoms. The Morgan fingerprint density at radius 3 is 2.26 bits per heavy atom. The van der Waals surface area contributed by atoms with Crippen molar-refractivity contribution >= 4 is 42.8 Å². The average molecular weight is 533 g/mol. The van der Waals surface area contributed by atoms with Crippen molar-refractivity contribution in [1.82, 2.24) is 9.80 Å². The number of piperazine rings is 1. The predicted molar refractivity (Wildman–Crippen MR) is 100 cm³/mol. The molecule has 1 saturated heterocycles. The molecule has 1 radical (unpaired) electrons. The van der Waals surface area contributed by atoms with Crippen LogP contribution >= 0.6 is 0 Å². The first-order valence-electron chi connectivity index (χ1n) is 7.64. The molecule has 2 rings (SSSR count). The molecule has 0 atom stereocenters. The molecule has 1 aromatic rings. The van der Waals surface area contributed by atoms with Crippen LogP contribution in [0.5, 0.6) is 0 Å². The van der Waals surface area contributed by atoms with Gasteiger partial charge < -0.3 is 40.0 Å². The van der Waals surface area contributed by atoms with Crippen LogP contribution in [-0.2, 0) is 47.6 Å². The van der Waals surface area contributed by atoms with Crippen LogP contribution in [0.25, 0.3) is 0 Å². The monoisotopic (exact) mass is 533 g/mol. The van der Waals surface area contributed by atoms with Crippen LogP contribution in [0.4, 0.5) is 11.4 Å². The molecule has 1 aliphatic heterocycles. The third-order valence-corrected chi connectivity index (χ3v) is 4.48. The van der Waals surface area contributed by atoms with Gasteiger partial charge in [-0.25, -0.2) is 4.71 Å². The van der Waals surface area contributed by atoms with Gasteiger partial charge in [-0.3, -0.25) is 4.99 Å². The Hall–Kier alpha value is 0.0503. The quantitative estimate of drug-likeness (QED) is 0.316. The van der Waals surface area contributed by atoms with Crippen LogP contribution in [-0.4, -0.2) is 67.5 Å². The molecule has 133 valence electrons. The van der Waals surface area contributed by atoms with Crippen molar-refractivity contribution in [3.05, 3.63) is 24.3 Å². The zero-order chi connectivity index (χ0) is 15.9. The SMILES string of the molecule is CN(C)c1ccc(N=CCCN2CCN(C([S-])[S-])CC2)cc1.[Au]. The molecule has 0 aliphatic carbocycles. The largest absolute Gasteiger partial charge is 0.800 e. The first-order valence-corrected chi connectivity index (χ1v) is 8.58. The number of benzene rings is 1. The van der Waals surface area contributed by atoms with Gasteiger partial charge in [-0.2, -0.15) is 0 Å². The third-order valence-electron chi connectivity index (χ3n) is 3.89. The fourth-order valence-electron chi connectivity index (χ4n) is 2.44. The van der Waals surface area contributed by atoms with Gasteiger partial charge in [0.25, 0.3) is 0 Å². The Bertz CT molecular complexity index is 471. The van der Waals surface area contributed by atoms with Crippen molar-refractivity contribution in [3.8, 4) is 0 Å². The molecular weight excluding hydrogens is 509 g/mol. The van der Waals surface area contributed by atoms with E-state index in [-0.39, 0.29) is 27.1 Å². The van der Waals surface area contributed by atoms with Gasteiger partial charge >= 0.3 is 0 Å². The molecule has 7 heteroatoms. The molecule has 4 nitrogen and oxygen atoms in total. The molecule has 0 unspecified atom stereocenters. The van der Waals surface area contributed by atoms with Crippen LogP contribution in [0, 0.1) is 0 Å². The van der Waals surface area contributed by atoms with Crippen molar-refractivity contribution in [3.63, 3.8) is 0 Å². The zero-order valence-electron chi connectivity index (χ0n) is 13.6. The van der Waals surface area contributed by atoms with E-state index in [0.29, 0.717) is 0 Å². The van der Waals surface area contributed by atoms with Gasteiger partial charge in [-0.15, -0.1) is 0 Å². The van der Waals surface area contributed by atoms with Gasteiger partial charge in [0.1, 0.15) is 0 Å². The molecule has 1 heterocycles. The predicted octanol–water partition coefficient (Wildman–Crippen LogP) is 1.84. The molecule has 0 aromatic heterocycles. The minimum Gasteiger partial charge on any atom is -0.800 e. The summed E-state index contributed by atoms with van der Waals surface area (Å²) < 4.78 is -0.158. The molecule has 0 N–H and O–H groups in total. The van der Waals surface area contributed by atoms with E-state index in [1.54, 1.807) is 0 Å². The van der Waals surface area contributed by atoms with Crippen molar-refractivity contribution in [2.75, 3.05) is 51.7 Å². The summed E-state index contributed by atoms with van der Waals surface area (Å²) in [6.07, 6.45) is 2.99. The molecule has 23 heavy (non-hydrogen) atoms. The molecule has 0 saturated carbocycles. The second-order valence-corrected chi connectivity index (χ2v) is 6.89. The first-order chi connectivity index (χ1) is 10.6. The molecule has 1 aliphatic rings. The molecule has 1 fully saturated rings. The van der Waals surface area contributed by atoms with Crippen LogP contribution in [0.2, 0.25) is 0 Å². The Balaban J connectivity index is 0.00000264. The second-order valence-electron chi connectivity index (χ2n) is 5.70. The third kappa shape index (κ3) is 7.22. The van der Waals surface area contributed by atoms with Crippen LogP contribution in [0.3, 0.4) is 0 Å². The number of rotatable bonds is 6. The normalized spacial score (nSPS) is 16.7. The molecule has 1 aromatic carbocycles. The summed E-state index contributed by atoms with van der Waals surface area (Å²) >= 11 is 10.2. The molecular formula is C16H24AuN4S2-2. The maximum Gasteiger partial charge on any atom is 0.0627 e. The van der Waals surface area contributed by atoms with Gasteiger partial charge in [0.05, 0.1) is 5.69 Å². The number of hydrogen-bond donors (Lipinski definition) is 0. The fraction of sp³-hybridized carbons (Fsp3) is 0.562. The summed E-state index contributed by atoms with van der Waals surface area (Å²) in [5.74, 6) is 0. The van der Waals surface area contributed by atoms with E-state index in [1.807, 2.05) is 20.3 Å². The van der Waals surface area contributed by atoms with Crippen molar-refractivity contribution < 1.29 is 22.4 Å². The average Bonchev–Trinajstić information content (AvgIpc) is 2.52. The van der Waals surface area contributed by atoms with Gasteiger partial charge in [-0.05, 0) is 30.7 Å². The summed E-state index contributed by atoms with van der Waals surface area (Å²) in [5.41, 5.74) is 2.20. The maximum absolute atomic E-state index is 5.12. The van der Waals surface area contributed by atoms with Gasteiger partial charge in [0.2, 0.25) is 0 Å². The fourth-order valence-corrected chi connectivity index (χ4v) is 2.87. The Morgan fingerprint density at radius 2 is 1.74 bits per heavy atom. The molecule has 0 bridgehead atoms. The minimum atomic E-state index is -0.158. The molecule has 0 amide bonds. The summed E-state index contributed by atoms with van der Waals surface area (Å²) in [5, 5.41) is 0. The van der Waals surface area contributed by atoms with E-state index in [0.717, 1.165) is 44.8 Å². The van der Waals surface area contributed by atoms with E-state index in [4.69, 9.17) is 25.3 Å². The number of anilines is 1. The van der Waals surface area contributed by atoms with E-state index >= 15 is 0 Å². The van der Waals surface area contributed by atoms with Crippen LogP contribution in [0.15, 0.2) is 29.3 Å². The maximum atomic E-state index is 5.12. The standard InChI is InChI=1S/C16H26N4S2.Au/c1-18(2)15-6-4-14(5-7-15)17-8-3-9-19-10-12-20(13-11-19)16(21)22;/h4-8,16,21-22H,3,9-13H2,1-2H3;/p-2. The number of nitrogens with zero attached hydrogens (tertiary/aromatic N) is 4. The van der Waals surface area contributed by atoms with E-state index in [2.05, 4.69) is 44.0 Å². The topological polar surface area (TPSA) is 22.1 Å². The Labute approximate surface area is 166 Å². The summed E-state index contributed by atoms with van der Waals surface area (Å²) in [6, 6.07) is 8.29. The number of aliphatic imine (C=N–C) groups is 1. The Morgan fingerprint density at radius 1 is 1.13 bits per heavy atom. The number of hydrogen-bond acceptors (Lipinski definition) is 6. The van der Waals surface area contributed by atoms with Crippen LogP contribution < -0.4 is 4.90 Å². The van der Waals surface area contributed by atoms with Gasteiger partial charge in [-0.1, -0.05) is 0 Å². The van der Waals surface area contributed by atoms with E-state index in [1.165, 1.54) is 5.69 Å². The van der Waals surface area contributed by atoms with Crippen LogP contribution in [0.1, 0.15) is 6.42 Å². The second kappa shape index (κ2) is 10.8. The van der Waals surface area contributed by atoms with Gasteiger partial charge in [0, 0.05) is 81.1 Å². The van der Waals surface area contributed by atoms with E-state index in [9.17, 15) is 0 Å². The Kier molecular flexibility index (Phi) is 9.92. The van der Waals surface area contributed by atoms with Crippen molar-refractivity contribution in [1.29, 1.82) is 0 Å². The van der Waals surface area contributed by atoms with Crippen molar-refractivity contribution in [2.24, 2.45) is 4.99 Å². The summed E-state index contributed by atoms with van der Waals surface area (Å²) in [7, 11) is 4.08. The van der Waals surface area contributed by atoms with Crippen molar-refractivity contribution in [2.45, 2.75) is 11.1 Å². The zero-order valence-corrected chi connectivity index (χ0v) is 17.4. The van der Waals surface area contributed by atoms with Gasteiger partial charge in [0.15, 0.2) is 0 Å². The summed E-state index contributed by atoms with van der Waals surface area (Å²) in [4.78, 5) is 11.2. The smallest absolute Gasteiger partial charge is 0.0627 e.